The minimum Gasteiger partial charge on any atom is -0.465 e. The first-order chi connectivity index (χ1) is 7.54. The summed E-state index contributed by atoms with van der Waals surface area (Å²) in [6.45, 7) is 2.21. The van der Waals surface area contributed by atoms with Crippen LogP contribution in [0.1, 0.15) is 39.0 Å². The van der Waals surface area contributed by atoms with Crippen molar-refractivity contribution in [1.29, 1.82) is 0 Å². The molecule has 94 valence electrons. The summed E-state index contributed by atoms with van der Waals surface area (Å²) in [5, 5.41) is 0. The Morgan fingerprint density at radius 1 is 1.38 bits per heavy atom. The Balaban J connectivity index is 2.79. The molecule has 1 atom stereocenters. The number of carbonyl (C=O) groups excluding carboxylic acids is 1. The molecule has 0 spiro atoms. The SMILES string of the molecule is CCOC(=O)[C@@H](N)C1(N(C)C)CCCCC1. The molecule has 1 rings (SSSR count). The van der Waals surface area contributed by atoms with Crippen molar-refractivity contribution >= 4 is 5.97 Å². The van der Waals surface area contributed by atoms with Crippen molar-refractivity contribution in [3.8, 4) is 0 Å². The fourth-order valence-corrected chi connectivity index (χ4v) is 2.65. The van der Waals surface area contributed by atoms with E-state index in [-0.39, 0.29) is 11.5 Å². The van der Waals surface area contributed by atoms with Gasteiger partial charge in [-0.1, -0.05) is 19.3 Å². The predicted octanol–water partition coefficient (Wildman–Crippen LogP) is 1.14. The van der Waals surface area contributed by atoms with Crippen molar-refractivity contribution in [3.05, 3.63) is 0 Å². The van der Waals surface area contributed by atoms with Gasteiger partial charge in [0.2, 0.25) is 0 Å². The molecule has 0 bridgehead atoms. The number of nitrogens with two attached hydrogens (primary N) is 1. The topological polar surface area (TPSA) is 55.6 Å². The highest BCUT2D eigenvalue weighted by molar-refractivity contribution is 5.77. The Morgan fingerprint density at radius 3 is 2.38 bits per heavy atom. The van der Waals surface area contributed by atoms with E-state index in [4.69, 9.17) is 10.5 Å². The zero-order chi connectivity index (χ0) is 12.2. The first-order valence-electron chi connectivity index (χ1n) is 6.14. The van der Waals surface area contributed by atoms with Crippen LogP contribution in [0.5, 0.6) is 0 Å². The number of likely N-dealkylation sites (N-methyl/N-ethyl adjacent to an activating group) is 1. The van der Waals surface area contributed by atoms with E-state index < -0.39 is 6.04 Å². The van der Waals surface area contributed by atoms with Gasteiger partial charge in [0.1, 0.15) is 6.04 Å². The van der Waals surface area contributed by atoms with E-state index in [0.717, 1.165) is 25.7 Å². The van der Waals surface area contributed by atoms with Gasteiger partial charge in [0.15, 0.2) is 0 Å². The fourth-order valence-electron chi connectivity index (χ4n) is 2.65. The first-order valence-corrected chi connectivity index (χ1v) is 6.14. The molecular formula is C12H24N2O2. The number of hydrogen-bond acceptors (Lipinski definition) is 4. The third kappa shape index (κ3) is 2.55. The molecule has 0 aliphatic heterocycles. The molecule has 4 nitrogen and oxygen atoms in total. The maximum absolute atomic E-state index is 11.8. The van der Waals surface area contributed by atoms with Gasteiger partial charge in [0, 0.05) is 5.54 Å². The second-order valence-corrected chi connectivity index (χ2v) is 4.79. The standard InChI is InChI=1S/C12H24N2O2/c1-4-16-11(15)10(13)12(14(2)3)8-6-5-7-9-12/h10H,4-9,13H2,1-3H3/t10-/m1/s1. The van der Waals surface area contributed by atoms with Crippen LogP contribution in [0, 0.1) is 0 Å². The molecule has 2 N–H and O–H groups in total. The summed E-state index contributed by atoms with van der Waals surface area (Å²) < 4.78 is 5.04. The van der Waals surface area contributed by atoms with Gasteiger partial charge in [0.05, 0.1) is 6.61 Å². The minimum absolute atomic E-state index is 0.204. The van der Waals surface area contributed by atoms with E-state index in [1.165, 1.54) is 6.42 Å². The molecule has 4 heteroatoms. The van der Waals surface area contributed by atoms with Crippen molar-refractivity contribution in [2.75, 3.05) is 20.7 Å². The molecule has 1 aliphatic rings. The molecule has 0 saturated heterocycles. The third-order valence-corrected chi connectivity index (χ3v) is 3.73. The van der Waals surface area contributed by atoms with Crippen LogP contribution in [0.25, 0.3) is 0 Å². The summed E-state index contributed by atoms with van der Waals surface area (Å²) in [6, 6.07) is -0.525. The number of esters is 1. The van der Waals surface area contributed by atoms with Crippen LogP contribution in [-0.2, 0) is 9.53 Å². The van der Waals surface area contributed by atoms with Crippen LogP contribution in [0.15, 0.2) is 0 Å². The fraction of sp³-hybridized carbons (Fsp3) is 0.917. The second-order valence-electron chi connectivity index (χ2n) is 4.79. The van der Waals surface area contributed by atoms with Crippen molar-refractivity contribution in [2.45, 2.75) is 50.6 Å². The monoisotopic (exact) mass is 228 g/mol. The van der Waals surface area contributed by atoms with Gasteiger partial charge in [-0.2, -0.15) is 0 Å². The van der Waals surface area contributed by atoms with Gasteiger partial charge in [-0.3, -0.25) is 4.79 Å². The van der Waals surface area contributed by atoms with Crippen LogP contribution in [0.4, 0.5) is 0 Å². The maximum Gasteiger partial charge on any atom is 0.324 e. The quantitative estimate of drug-likeness (QED) is 0.733. The Hall–Kier alpha value is -0.610. The van der Waals surface area contributed by atoms with E-state index >= 15 is 0 Å². The normalized spacial score (nSPS) is 21.8. The molecular weight excluding hydrogens is 204 g/mol. The second kappa shape index (κ2) is 5.64. The Kier molecular flexibility index (Phi) is 4.74. The lowest BCUT2D eigenvalue weighted by atomic mass is 9.75. The summed E-state index contributed by atoms with van der Waals surface area (Å²) in [6.07, 6.45) is 5.50. The summed E-state index contributed by atoms with van der Waals surface area (Å²) in [5.41, 5.74) is 5.89. The van der Waals surface area contributed by atoms with Crippen molar-refractivity contribution in [1.82, 2.24) is 4.90 Å². The minimum atomic E-state index is -0.525. The Bertz CT molecular complexity index is 235. The van der Waals surface area contributed by atoms with E-state index in [0.29, 0.717) is 6.61 Å². The van der Waals surface area contributed by atoms with Crippen molar-refractivity contribution in [3.63, 3.8) is 0 Å². The van der Waals surface area contributed by atoms with Crippen LogP contribution < -0.4 is 5.73 Å². The van der Waals surface area contributed by atoms with E-state index in [1.807, 2.05) is 21.0 Å². The lowest BCUT2D eigenvalue weighted by molar-refractivity contribution is -0.149. The highest BCUT2D eigenvalue weighted by Gasteiger charge is 2.44. The Labute approximate surface area is 98.1 Å². The lowest BCUT2D eigenvalue weighted by Gasteiger charge is -2.45. The number of rotatable bonds is 4. The van der Waals surface area contributed by atoms with Gasteiger partial charge < -0.3 is 15.4 Å². The lowest BCUT2D eigenvalue weighted by Crippen LogP contribution is -2.61. The maximum atomic E-state index is 11.8. The summed E-state index contributed by atoms with van der Waals surface area (Å²) in [7, 11) is 4.01. The molecule has 0 aromatic rings. The summed E-state index contributed by atoms with van der Waals surface area (Å²) in [4.78, 5) is 13.9. The summed E-state index contributed by atoms with van der Waals surface area (Å²) in [5.74, 6) is -0.266. The van der Waals surface area contributed by atoms with Crippen LogP contribution in [-0.4, -0.2) is 43.2 Å². The smallest absolute Gasteiger partial charge is 0.324 e. The van der Waals surface area contributed by atoms with Crippen molar-refractivity contribution < 1.29 is 9.53 Å². The molecule has 1 fully saturated rings. The van der Waals surface area contributed by atoms with E-state index in [2.05, 4.69) is 4.90 Å². The van der Waals surface area contributed by atoms with Crippen molar-refractivity contribution in [2.24, 2.45) is 5.73 Å². The van der Waals surface area contributed by atoms with Gasteiger partial charge in [0.25, 0.3) is 0 Å². The van der Waals surface area contributed by atoms with Gasteiger partial charge in [-0.05, 0) is 33.9 Å². The molecule has 0 heterocycles. The molecule has 0 radical (unpaired) electrons. The largest absolute Gasteiger partial charge is 0.465 e. The average Bonchev–Trinajstić information content (AvgIpc) is 2.29. The molecule has 1 aliphatic carbocycles. The number of ether oxygens (including phenoxy) is 1. The van der Waals surface area contributed by atoms with Crippen LogP contribution >= 0.6 is 0 Å². The van der Waals surface area contributed by atoms with E-state index in [9.17, 15) is 4.79 Å². The molecule has 0 unspecified atom stereocenters. The van der Waals surface area contributed by atoms with Gasteiger partial charge in [-0.15, -0.1) is 0 Å². The zero-order valence-corrected chi connectivity index (χ0v) is 10.7. The third-order valence-electron chi connectivity index (χ3n) is 3.73. The number of hydrogen-bond donors (Lipinski definition) is 1. The molecule has 0 amide bonds. The molecule has 0 aromatic carbocycles. The van der Waals surface area contributed by atoms with E-state index in [1.54, 1.807) is 0 Å². The summed E-state index contributed by atoms with van der Waals surface area (Å²) >= 11 is 0. The van der Waals surface area contributed by atoms with Crippen LogP contribution in [0.3, 0.4) is 0 Å². The predicted molar refractivity (Wildman–Crippen MR) is 64.1 cm³/mol. The molecule has 1 saturated carbocycles. The molecule has 16 heavy (non-hydrogen) atoms. The highest BCUT2D eigenvalue weighted by Crippen LogP contribution is 2.34. The van der Waals surface area contributed by atoms with Gasteiger partial charge in [-0.25, -0.2) is 0 Å². The first kappa shape index (κ1) is 13.5. The molecule has 0 aromatic heterocycles. The highest BCUT2D eigenvalue weighted by atomic mass is 16.5. The van der Waals surface area contributed by atoms with Crippen LogP contribution in [0.2, 0.25) is 0 Å². The number of nitrogens with zero attached hydrogens (tertiary/aromatic N) is 1. The Morgan fingerprint density at radius 2 is 1.94 bits per heavy atom. The van der Waals surface area contributed by atoms with Gasteiger partial charge >= 0.3 is 5.97 Å². The average molecular weight is 228 g/mol. The zero-order valence-electron chi connectivity index (χ0n) is 10.7. The number of carbonyl (C=O) groups is 1.